The molecular weight excluding hydrogens is 290 g/mol. The Morgan fingerprint density at radius 1 is 1.26 bits per heavy atom. The molecule has 0 N–H and O–H groups in total. The Balaban J connectivity index is 1.66. The highest BCUT2D eigenvalue weighted by atomic mass is 16.6. The van der Waals surface area contributed by atoms with Crippen LogP contribution in [0.15, 0.2) is 18.2 Å². The summed E-state index contributed by atoms with van der Waals surface area (Å²) in [5, 5.41) is 0. The molecule has 0 saturated carbocycles. The molecule has 0 spiro atoms. The number of carbonyl (C=O) groups is 1. The SMILES string of the molecule is CCC1CCCCN1C(=O)CC(C)c1ccc2c(c1)OCCO2. The monoisotopic (exact) mass is 317 g/mol. The first-order valence-electron chi connectivity index (χ1n) is 8.88. The average Bonchev–Trinajstić information content (AvgIpc) is 2.61. The molecule has 4 nitrogen and oxygen atoms in total. The molecule has 1 aromatic carbocycles. The van der Waals surface area contributed by atoms with Crippen molar-refractivity contribution in [1.29, 1.82) is 0 Å². The van der Waals surface area contributed by atoms with Gasteiger partial charge in [0.05, 0.1) is 0 Å². The van der Waals surface area contributed by atoms with Crippen molar-refractivity contribution in [1.82, 2.24) is 4.90 Å². The Morgan fingerprint density at radius 3 is 2.83 bits per heavy atom. The van der Waals surface area contributed by atoms with Gasteiger partial charge < -0.3 is 14.4 Å². The Morgan fingerprint density at radius 2 is 2.04 bits per heavy atom. The van der Waals surface area contributed by atoms with Crippen molar-refractivity contribution in [3.63, 3.8) is 0 Å². The molecular formula is C19H27NO3. The molecule has 1 aromatic rings. The smallest absolute Gasteiger partial charge is 0.223 e. The molecule has 0 radical (unpaired) electrons. The molecule has 0 bridgehead atoms. The van der Waals surface area contributed by atoms with E-state index in [1.807, 2.05) is 12.1 Å². The zero-order valence-corrected chi connectivity index (χ0v) is 14.2. The first-order valence-corrected chi connectivity index (χ1v) is 8.88. The fraction of sp³-hybridized carbons (Fsp3) is 0.632. The number of ether oxygens (including phenoxy) is 2. The molecule has 2 aliphatic rings. The van der Waals surface area contributed by atoms with E-state index in [-0.39, 0.29) is 5.92 Å². The van der Waals surface area contributed by atoms with Crippen LogP contribution in [0.3, 0.4) is 0 Å². The number of fused-ring (bicyclic) bond motifs is 1. The first kappa shape index (κ1) is 16.2. The molecule has 2 aliphatic heterocycles. The van der Waals surface area contributed by atoms with Crippen molar-refractivity contribution in [3.8, 4) is 11.5 Å². The standard InChI is InChI=1S/C19H27NO3/c1-3-16-6-4-5-9-20(16)19(21)12-14(2)15-7-8-17-18(13-15)23-11-10-22-17/h7-8,13-14,16H,3-6,9-12H2,1-2H3. The van der Waals surface area contributed by atoms with Crippen LogP contribution >= 0.6 is 0 Å². The number of hydrogen-bond donors (Lipinski definition) is 0. The first-order chi connectivity index (χ1) is 11.2. The van der Waals surface area contributed by atoms with Crippen LogP contribution in [-0.2, 0) is 4.79 Å². The molecule has 3 rings (SSSR count). The minimum Gasteiger partial charge on any atom is -0.486 e. The zero-order chi connectivity index (χ0) is 16.2. The lowest BCUT2D eigenvalue weighted by atomic mass is 9.94. The highest BCUT2D eigenvalue weighted by molar-refractivity contribution is 5.77. The third-order valence-electron chi connectivity index (χ3n) is 5.03. The van der Waals surface area contributed by atoms with Crippen LogP contribution in [0.2, 0.25) is 0 Å². The van der Waals surface area contributed by atoms with Gasteiger partial charge in [0.25, 0.3) is 0 Å². The number of amides is 1. The lowest BCUT2D eigenvalue weighted by Crippen LogP contribution is -2.43. The second-order valence-electron chi connectivity index (χ2n) is 6.65. The summed E-state index contributed by atoms with van der Waals surface area (Å²) in [5.74, 6) is 2.09. The number of benzene rings is 1. The molecule has 23 heavy (non-hydrogen) atoms. The third-order valence-corrected chi connectivity index (χ3v) is 5.03. The van der Waals surface area contributed by atoms with Gasteiger partial charge in [0, 0.05) is 19.0 Å². The maximum atomic E-state index is 12.7. The predicted octanol–water partition coefficient (Wildman–Crippen LogP) is 3.74. The van der Waals surface area contributed by atoms with E-state index in [9.17, 15) is 4.79 Å². The normalized spacial score (nSPS) is 21.8. The Hall–Kier alpha value is -1.71. The molecule has 4 heteroatoms. The van der Waals surface area contributed by atoms with Gasteiger partial charge in [0.1, 0.15) is 13.2 Å². The Labute approximate surface area is 138 Å². The van der Waals surface area contributed by atoms with Gasteiger partial charge in [0.15, 0.2) is 11.5 Å². The number of piperidine rings is 1. The summed E-state index contributed by atoms with van der Waals surface area (Å²) in [6, 6.07) is 6.48. The number of carbonyl (C=O) groups excluding carboxylic acids is 1. The Bertz CT molecular complexity index is 558. The van der Waals surface area contributed by atoms with Gasteiger partial charge in [-0.2, -0.15) is 0 Å². The van der Waals surface area contributed by atoms with E-state index in [0.717, 1.165) is 42.9 Å². The molecule has 2 unspecified atom stereocenters. The van der Waals surface area contributed by atoms with Crippen molar-refractivity contribution in [2.75, 3.05) is 19.8 Å². The molecule has 2 atom stereocenters. The van der Waals surface area contributed by atoms with Crippen LogP contribution in [0.25, 0.3) is 0 Å². The second-order valence-corrected chi connectivity index (χ2v) is 6.65. The summed E-state index contributed by atoms with van der Waals surface area (Å²) in [5.41, 5.74) is 1.15. The second kappa shape index (κ2) is 7.24. The van der Waals surface area contributed by atoms with E-state index in [1.165, 1.54) is 6.42 Å². The number of hydrogen-bond acceptors (Lipinski definition) is 3. The van der Waals surface area contributed by atoms with Crippen molar-refractivity contribution < 1.29 is 14.3 Å². The van der Waals surface area contributed by atoms with E-state index in [0.29, 0.717) is 31.6 Å². The number of rotatable bonds is 4. The lowest BCUT2D eigenvalue weighted by Gasteiger charge is -2.36. The van der Waals surface area contributed by atoms with Gasteiger partial charge in [-0.3, -0.25) is 4.79 Å². The van der Waals surface area contributed by atoms with Crippen LogP contribution in [0, 0.1) is 0 Å². The van der Waals surface area contributed by atoms with E-state index in [1.54, 1.807) is 0 Å². The van der Waals surface area contributed by atoms with Crippen LogP contribution in [0.4, 0.5) is 0 Å². The Kier molecular flexibility index (Phi) is 5.09. The van der Waals surface area contributed by atoms with Crippen molar-refractivity contribution in [2.24, 2.45) is 0 Å². The maximum absolute atomic E-state index is 12.7. The zero-order valence-electron chi connectivity index (χ0n) is 14.2. The summed E-state index contributed by atoms with van der Waals surface area (Å²) >= 11 is 0. The van der Waals surface area contributed by atoms with Crippen LogP contribution in [-0.4, -0.2) is 36.6 Å². The fourth-order valence-corrected chi connectivity index (χ4v) is 3.62. The quantitative estimate of drug-likeness (QED) is 0.849. The molecule has 2 heterocycles. The van der Waals surface area contributed by atoms with Gasteiger partial charge in [-0.15, -0.1) is 0 Å². The maximum Gasteiger partial charge on any atom is 0.223 e. The summed E-state index contributed by atoms with van der Waals surface area (Å²) in [6.07, 6.45) is 5.17. The van der Waals surface area contributed by atoms with Gasteiger partial charge in [-0.1, -0.05) is 19.9 Å². The van der Waals surface area contributed by atoms with Crippen LogP contribution in [0.1, 0.15) is 57.4 Å². The average molecular weight is 317 g/mol. The fourth-order valence-electron chi connectivity index (χ4n) is 3.62. The molecule has 1 saturated heterocycles. The molecule has 0 aromatic heterocycles. The van der Waals surface area contributed by atoms with E-state index in [4.69, 9.17) is 9.47 Å². The topological polar surface area (TPSA) is 38.8 Å². The molecule has 1 fully saturated rings. The van der Waals surface area contributed by atoms with Gasteiger partial charge >= 0.3 is 0 Å². The van der Waals surface area contributed by atoms with Gasteiger partial charge in [-0.05, 0) is 49.3 Å². The summed E-state index contributed by atoms with van der Waals surface area (Å²) in [7, 11) is 0. The molecule has 0 aliphatic carbocycles. The van der Waals surface area contributed by atoms with Crippen molar-refractivity contribution in [2.45, 2.75) is 57.9 Å². The summed E-state index contributed by atoms with van der Waals surface area (Å²) < 4.78 is 11.2. The predicted molar refractivity (Wildman–Crippen MR) is 90.1 cm³/mol. The summed E-state index contributed by atoms with van der Waals surface area (Å²) in [6.45, 7) is 6.42. The highest BCUT2D eigenvalue weighted by Gasteiger charge is 2.26. The van der Waals surface area contributed by atoms with E-state index >= 15 is 0 Å². The van der Waals surface area contributed by atoms with Crippen molar-refractivity contribution in [3.05, 3.63) is 23.8 Å². The van der Waals surface area contributed by atoms with E-state index < -0.39 is 0 Å². The molecule has 1 amide bonds. The van der Waals surface area contributed by atoms with Crippen molar-refractivity contribution >= 4 is 5.91 Å². The largest absolute Gasteiger partial charge is 0.486 e. The minimum absolute atomic E-state index is 0.192. The molecule has 126 valence electrons. The highest BCUT2D eigenvalue weighted by Crippen LogP contribution is 2.34. The number of likely N-dealkylation sites (tertiary alicyclic amines) is 1. The number of nitrogens with zero attached hydrogens (tertiary/aromatic N) is 1. The van der Waals surface area contributed by atoms with E-state index in [2.05, 4.69) is 24.8 Å². The van der Waals surface area contributed by atoms with Crippen LogP contribution in [0.5, 0.6) is 11.5 Å². The van der Waals surface area contributed by atoms with Gasteiger partial charge in [-0.25, -0.2) is 0 Å². The van der Waals surface area contributed by atoms with Gasteiger partial charge in [0.2, 0.25) is 5.91 Å². The third kappa shape index (κ3) is 3.62. The summed E-state index contributed by atoms with van der Waals surface area (Å²) in [4.78, 5) is 14.8. The minimum atomic E-state index is 0.192. The lowest BCUT2D eigenvalue weighted by molar-refractivity contribution is -0.135. The van der Waals surface area contributed by atoms with Crippen LogP contribution < -0.4 is 9.47 Å².